The van der Waals surface area contributed by atoms with Gasteiger partial charge in [-0.2, -0.15) is 10.7 Å². The minimum Gasteiger partial charge on any atom is -0.300 e. The van der Waals surface area contributed by atoms with E-state index in [9.17, 15) is 4.79 Å². The third-order valence-electron chi connectivity index (χ3n) is 2.15. The molecule has 0 aromatic heterocycles. The second-order valence-electron chi connectivity index (χ2n) is 3.31. The summed E-state index contributed by atoms with van der Waals surface area (Å²) in [5.41, 5.74) is 4.14. The molecular weight excluding hydrogens is 200 g/mol. The summed E-state index contributed by atoms with van der Waals surface area (Å²) in [4.78, 5) is 15.4. The van der Waals surface area contributed by atoms with E-state index in [1.807, 2.05) is 0 Å². The van der Waals surface area contributed by atoms with Crippen LogP contribution in [0.4, 0.5) is 0 Å². The summed E-state index contributed by atoms with van der Waals surface area (Å²) in [6.45, 7) is 0.383. The molecule has 84 valence electrons. The Morgan fingerprint density at radius 3 is 3.00 bits per heavy atom. The van der Waals surface area contributed by atoms with Crippen molar-refractivity contribution in [2.24, 2.45) is 0 Å². The standard InChI is InChI=1S/C8H14N4O3/c9-3-6-1-2-7(4-10-6)12-15-5-8(13)11-14/h6-7,10,12,14H,1-2,4-5H2,(H,11,13)/t6-,7?/m0/s1. The fourth-order valence-corrected chi connectivity index (χ4v) is 1.32. The molecule has 0 aliphatic carbocycles. The van der Waals surface area contributed by atoms with Gasteiger partial charge < -0.3 is 5.32 Å². The number of nitriles is 1. The lowest BCUT2D eigenvalue weighted by molar-refractivity contribution is -0.137. The Morgan fingerprint density at radius 2 is 2.47 bits per heavy atom. The monoisotopic (exact) mass is 214 g/mol. The number of hydroxylamine groups is 2. The van der Waals surface area contributed by atoms with E-state index >= 15 is 0 Å². The Kier molecular flexibility index (Phi) is 5.00. The second kappa shape index (κ2) is 6.31. The van der Waals surface area contributed by atoms with Crippen LogP contribution in [0.1, 0.15) is 12.8 Å². The predicted molar refractivity (Wildman–Crippen MR) is 49.4 cm³/mol. The molecule has 1 rings (SSSR count). The van der Waals surface area contributed by atoms with Crippen LogP contribution in [0.5, 0.6) is 0 Å². The number of hydrogen-bond donors (Lipinski definition) is 4. The van der Waals surface area contributed by atoms with Gasteiger partial charge in [0, 0.05) is 12.6 Å². The highest BCUT2D eigenvalue weighted by Gasteiger charge is 2.19. The number of nitrogens with one attached hydrogen (secondary N) is 3. The van der Waals surface area contributed by atoms with Crippen LogP contribution >= 0.6 is 0 Å². The highest BCUT2D eigenvalue weighted by molar-refractivity contribution is 5.75. The zero-order valence-electron chi connectivity index (χ0n) is 8.19. The van der Waals surface area contributed by atoms with Crippen molar-refractivity contribution in [1.82, 2.24) is 16.3 Å². The third-order valence-corrected chi connectivity index (χ3v) is 2.15. The zero-order chi connectivity index (χ0) is 11.1. The van der Waals surface area contributed by atoms with Gasteiger partial charge in [0.2, 0.25) is 0 Å². The van der Waals surface area contributed by atoms with E-state index in [4.69, 9.17) is 15.3 Å². The summed E-state index contributed by atoms with van der Waals surface area (Å²) < 4.78 is 0. The molecule has 7 heteroatoms. The topological polar surface area (TPSA) is 106 Å². The molecule has 0 bridgehead atoms. The second-order valence-corrected chi connectivity index (χ2v) is 3.31. The molecule has 15 heavy (non-hydrogen) atoms. The Hall–Kier alpha value is -1.20. The average molecular weight is 214 g/mol. The van der Waals surface area contributed by atoms with Crippen LogP contribution in [-0.2, 0) is 9.63 Å². The summed E-state index contributed by atoms with van der Waals surface area (Å²) in [7, 11) is 0. The largest absolute Gasteiger partial charge is 0.300 e. The SMILES string of the molecule is N#C[C@@H]1CCC(NOCC(=O)NO)CN1. The molecule has 1 amide bonds. The number of amides is 1. The van der Waals surface area contributed by atoms with E-state index < -0.39 is 5.91 Å². The number of carbonyl (C=O) groups excluding carboxylic acids is 1. The van der Waals surface area contributed by atoms with Crippen molar-refractivity contribution in [3.05, 3.63) is 0 Å². The Morgan fingerprint density at radius 1 is 1.67 bits per heavy atom. The molecule has 4 N–H and O–H groups in total. The molecular formula is C8H14N4O3. The lowest BCUT2D eigenvalue weighted by atomic mass is 10.0. The molecule has 0 aromatic rings. The van der Waals surface area contributed by atoms with Gasteiger partial charge in [-0.25, -0.2) is 5.48 Å². The average Bonchev–Trinajstić information content (AvgIpc) is 2.29. The van der Waals surface area contributed by atoms with E-state index in [-0.39, 0.29) is 18.7 Å². The summed E-state index contributed by atoms with van der Waals surface area (Å²) in [6.07, 6.45) is 1.57. The molecule has 7 nitrogen and oxygen atoms in total. The van der Waals surface area contributed by atoms with Crippen molar-refractivity contribution >= 4 is 5.91 Å². The molecule has 0 aromatic carbocycles. The lowest BCUT2D eigenvalue weighted by Crippen LogP contribution is -2.47. The Labute approximate surface area is 87.3 Å². The first-order chi connectivity index (χ1) is 7.26. The van der Waals surface area contributed by atoms with Crippen LogP contribution in [0.2, 0.25) is 0 Å². The van der Waals surface area contributed by atoms with E-state index in [2.05, 4.69) is 16.9 Å². The van der Waals surface area contributed by atoms with Crippen LogP contribution in [0.15, 0.2) is 0 Å². The van der Waals surface area contributed by atoms with Gasteiger partial charge in [0.05, 0.1) is 12.1 Å². The van der Waals surface area contributed by atoms with Crippen molar-refractivity contribution in [3.63, 3.8) is 0 Å². The predicted octanol–water partition coefficient (Wildman–Crippen LogP) is -1.34. The first kappa shape index (κ1) is 11.9. The van der Waals surface area contributed by atoms with Gasteiger partial charge in [0.15, 0.2) is 0 Å². The number of nitrogens with zero attached hydrogens (tertiary/aromatic N) is 1. The van der Waals surface area contributed by atoms with Crippen LogP contribution < -0.4 is 16.3 Å². The highest BCUT2D eigenvalue weighted by Crippen LogP contribution is 2.06. The fourth-order valence-electron chi connectivity index (χ4n) is 1.32. The van der Waals surface area contributed by atoms with Crippen molar-refractivity contribution in [3.8, 4) is 6.07 Å². The molecule has 1 aliphatic heterocycles. The van der Waals surface area contributed by atoms with Gasteiger partial charge in [-0.05, 0) is 12.8 Å². The zero-order valence-corrected chi connectivity index (χ0v) is 8.19. The van der Waals surface area contributed by atoms with E-state index in [0.717, 1.165) is 12.8 Å². The Bertz CT molecular complexity index is 245. The van der Waals surface area contributed by atoms with Gasteiger partial charge in [-0.1, -0.05) is 0 Å². The number of piperidine rings is 1. The molecule has 1 fully saturated rings. The molecule has 1 saturated heterocycles. The number of carbonyl (C=O) groups is 1. The van der Waals surface area contributed by atoms with Crippen LogP contribution in [0.3, 0.4) is 0 Å². The quantitative estimate of drug-likeness (QED) is 0.341. The van der Waals surface area contributed by atoms with Crippen LogP contribution in [-0.4, -0.2) is 36.3 Å². The Balaban J connectivity index is 2.09. The van der Waals surface area contributed by atoms with E-state index in [1.165, 1.54) is 5.48 Å². The van der Waals surface area contributed by atoms with Gasteiger partial charge in [-0.15, -0.1) is 0 Å². The van der Waals surface area contributed by atoms with E-state index in [1.54, 1.807) is 0 Å². The van der Waals surface area contributed by atoms with Gasteiger partial charge in [-0.3, -0.25) is 14.8 Å². The molecule has 1 aliphatic rings. The molecule has 0 spiro atoms. The van der Waals surface area contributed by atoms with Crippen molar-refractivity contribution < 1.29 is 14.8 Å². The van der Waals surface area contributed by atoms with Crippen LogP contribution in [0.25, 0.3) is 0 Å². The molecule has 1 heterocycles. The molecule has 0 radical (unpaired) electrons. The minimum absolute atomic E-state index is 0.0843. The summed E-state index contributed by atoms with van der Waals surface area (Å²) >= 11 is 0. The summed E-state index contributed by atoms with van der Waals surface area (Å²) in [5, 5.41) is 19.8. The first-order valence-electron chi connectivity index (χ1n) is 4.69. The third kappa shape index (κ3) is 4.22. The fraction of sp³-hybridized carbons (Fsp3) is 0.750. The summed E-state index contributed by atoms with van der Waals surface area (Å²) in [5.74, 6) is -0.610. The maximum Gasteiger partial charge on any atom is 0.271 e. The molecule has 0 saturated carbocycles. The van der Waals surface area contributed by atoms with Gasteiger partial charge in [0.1, 0.15) is 6.61 Å². The van der Waals surface area contributed by atoms with Crippen molar-refractivity contribution in [2.45, 2.75) is 24.9 Å². The number of rotatable bonds is 4. The lowest BCUT2D eigenvalue weighted by Gasteiger charge is -2.26. The highest BCUT2D eigenvalue weighted by atomic mass is 16.6. The van der Waals surface area contributed by atoms with E-state index in [0.29, 0.717) is 6.54 Å². The molecule has 1 unspecified atom stereocenters. The van der Waals surface area contributed by atoms with Gasteiger partial charge >= 0.3 is 0 Å². The minimum atomic E-state index is -0.610. The van der Waals surface area contributed by atoms with Crippen molar-refractivity contribution in [2.75, 3.05) is 13.2 Å². The van der Waals surface area contributed by atoms with Gasteiger partial charge in [0.25, 0.3) is 5.91 Å². The maximum atomic E-state index is 10.6. The normalized spacial score (nSPS) is 25.6. The number of hydrogen-bond acceptors (Lipinski definition) is 6. The maximum absolute atomic E-state index is 10.6. The first-order valence-corrected chi connectivity index (χ1v) is 4.69. The van der Waals surface area contributed by atoms with Crippen LogP contribution in [0, 0.1) is 11.3 Å². The smallest absolute Gasteiger partial charge is 0.271 e. The summed E-state index contributed by atoms with van der Waals surface area (Å²) in [6, 6.07) is 2.12. The van der Waals surface area contributed by atoms with Crippen molar-refractivity contribution in [1.29, 1.82) is 5.26 Å². The molecule has 2 atom stereocenters.